The summed E-state index contributed by atoms with van der Waals surface area (Å²) in [5.41, 5.74) is 1.63. The van der Waals surface area contributed by atoms with Crippen molar-refractivity contribution in [3.63, 3.8) is 0 Å². The first kappa shape index (κ1) is 18.2. The Labute approximate surface area is 156 Å². The van der Waals surface area contributed by atoms with Crippen LogP contribution in [-0.2, 0) is 11.2 Å². The van der Waals surface area contributed by atoms with Gasteiger partial charge in [-0.05, 0) is 17.7 Å². The number of rotatable bonds is 7. The Morgan fingerprint density at radius 1 is 1.15 bits per heavy atom. The van der Waals surface area contributed by atoms with Crippen molar-refractivity contribution in [3.8, 4) is 11.3 Å². The van der Waals surface area contributed by atoms with E-state index in [9.17, 15) is 9.90 Å². The summed E-state index contributed by atoms with van der Waals surface area (Å²) >= 11 is 6.15. The van der Waals surface area contributed by atoms with E-state index in [1.807, 2.05) is 48.5 Å². The lowest BCUT2D eigenvalue weighted by molar-refractivity contribution is -0.122. The fourth-order valence-electron chi connectivity index (χ4n) is 2.62. The smallest absolute Gasteiger partial charge is 0.221 e. The van der Waals surface area contributed by atoms with Crippen molar-refractivity contribution in [2.45, 2.75) is 18.9 Å². The third kappa shape index (κ3) is 4.50. The van der Waals surface area contributed by atoms with Crippen LogP contribution in [-0.4, -0.2) is 22.6 Å². The highest BCUT2D eigenvalue weighted by Crippen LogP contribution is 2.28. The van der Waals surface area contributed by atoms with Gasteiger partial charge in [0.25, 0.3) is 0 Å². The van der Waals surface area contributed by atoms with E-state index in [2.05, 4.69) is 10.3 Å². The van der Waals surface area contributed by atoms with Gasteiger partial charge in [-0.2, -0.15) is 0 Å². The van der Waals surface area contributed by atoms with Crippen LogP contribution in [0.15, 0.2) is 65.2 Å². The van der Waals surface area contributed by atoms with Crippen molar-refractivity contribution in [2.24, 2.45) is 0 Å². The Bertz CT molecular complexity index is 864. The topological polar surface area (TPSA) is 75.4 Å². The third-order valence-corrected chi connectivity index (χ3v) is 4.31. The van der Waals surface area contributed by atoms with Crippen molar-refractivity contribution in [1.82, 2.24) is 10.3 Å². The van der Waals surface area contributed by atoms with E-state index in [0.717, 1.165) is 11.1 Å². The molecule has 1 unspecified atom stereocenters. The largest absolute Gasteiger partial charge is 0.441 e. The van der Waals surface area contributed by atoms with Gasteiger partial charge in [0.1, 0.15) is 0 Å². The molecule has 2 aromatic carbocycles. The summed E-state index contributed by atoms with van der Waals surface area (Å²) in [6.07, 6.45) is 2.18. The molecule has 0 aliphatic rings. The minimum Gasteiger partial charge on any atom is -0.441 e. The van der Waals surface area contributed by atoms with E-state index in [0.29, 0.717) is 23.1 Å². The molecule has 3 rings (SSSR count). The minimum atomic E-state index is -0.424. The molecule has 134 valence electrons. The van der Waals surface area contributed by atoms with Crippen LogP contribution in [0.4, 0.5) is 0 Å². The number of aliphatic hydroxyl groups excluding tert-OH is 1. The Morgan fingerprint density at radius 3 is 2.62 bits per heavy atom. The molecule has 0 bridgehead atoms. The number of aliphatic hydroxyl groups is 1. The van der Waals surface area contributed by atoms with Crippen molar-refractivity contribution >= 4 is 17.5 Å². The Morgan fingerprint density at radius 2 is 1.88 bits per heavy atom. The molecular formula is C20H19ClN2O3. The van der Waals surface area contributed by atoms with Crippen LogP contribution in [0.3, 0.4) is 0 Å². The summed E-state index contributed by atoms with van der Waals surface area (Å²) < 4.78 is 5.69. The van der Waals surface area contributed by atoms with Gasteiger partial charge in [0, 0.05) is 18.4 Å². The second kappa shape index (κ2) is 8.65. The van der Waals surface area contributed by atoms with Crippen molar-refractivity contribution < 1.29 is 14.3 Å². The van der Waals surface area contributed by atoms with Crippen LogP contribution in [0.5, 0.6) is 0 Å². The lowest BCUT2D eigenvalue weighted by atomic mass is 10.1. The molecule has 0 aliphatic carbocycles. The lowest BCUT2D eigenvalue weighted by Gasteiger charge is -2.16. The van der Waals surface area contributed by atoms with E-state index in [1.165, 1.54) is 0 Å². The van der Waals surface area contributed by atoms with Crippen LogP contribution in [0.2, 0.25) is 5.02 Å². The van der Waals surface area contributed by atoms with E-state index in [-0.39, 0.29) is 18.9 Å². The molecule has 26 heavy (non-hydrogen) atoms. The van der Waals surface area contributed by atoms with Gasteiger partial charge in [-0.15, -0.1) is 0 Å². The molecule has 0 aliphatic heterocycles. The predicted molar refractivity (Wildman–Crippen MR) is 99.7 cm³/mol. The molecule has 1 heterocycles. The predicted octanol–water partition coefficient (Wildman–Crippen LogP) is 3.78. The maximum absolute atomic E-state index is 12.2. The Hall–Kier alpha value is -2.63. The van der Waals surface area contributed by atoms with E-state index >= 15 is 0 Å². The number of aromatic nitrogens is 1. The van der Waals surface area contributed by atoms with E-state index in [4.69, 9.17) is 16.0 Å². The Kier molecular flexibility index (Phi) is 6.04. The first-order chi connectivity index (χ1) is 12.7. The molecule has 0 saturated heterocycles. The minimum absolute atomic E-state index is 0.161. The first-order valence-corrected chi connectivity index (χ1v) is 8.70. The highest BCUT2D eigenvalue weighted by atomic mass is 35.5. The van der Waals surface area contributed by atoms with Crippen molar-refractivity contribution in [1.29, 1.82) is 0 Å². The molecule has 1 amide bonds. The molecule has 6 heteroatoms. The van der Waals surface area contributed by atoms with Gasteiger partial charge in [-0.25, -0.2) is 4.98 Å². The number of hydrogen-bond donors (Lipinski definition) is 2. The Balaban J connectivity index is 1.57. The molecule has 3 aromatic rings. The molecule has 0 radical (unpaired) electrons. The number of halogens is 1. The van der Waals surface area contributed by atoms with Gasteiger partial charge >= 0.3 is 0 Å². The number of carbonyl (C=O) groups excluding carboxylic acids is 1. The summed E-state index contributed by atoms with van der Waals surface area (Å²) in [6.45, 7) is -0.161. The number of carbonyl (C=O) groups is 1. The van der Waals surface area contributed by atoms with Crippen LogP contribution in [0.1, 0.15) is 23.9 Å². The number of nitrogens with zero attached hydrogens (tertiary/aromatic N) is 1. The molecular weight excluding hydrogens is 352 g/mol. The normalized spacial score (nSPS) is 11.9. The molecule has 2 N–H and O–H groups in total. The molecule has 1 aromatic heterocycles. The maximum atomic E-state index is 12.2. The molecule has 5 nitrogen and oxygen atoms in total. The zero-order valence-electron chi connectivity index (χ0n) is 14.1. The van der Waals surface area contributed by atoms with Gasteiger partial charge in [-0.3, -0.25) is 4.79 Å². The maximum Gasteiger partial charge on any atom is 0.221 e. The SMILES string of the molecule is O=C(CCc1ncc(-c2ccccc2Cl)o1)NC(CO)c1ccccc1. The van der Waals surface area contributed by atoms with Gasteiger partial charge in [0.15, 0.2) is 11.7 Å². The highest BCUT2D eigenvalue weighted by molar-refractivity contribution is 6.33. The average Bonchev–Trinajstić information content (AvgIpc) is 3.14. The van der Waals surface area contributed by atoms with E-state index < -0.39 is 6.04 Å². The summed E-state index contributed by atoms with van der Waals surface area (Å²) in [5.74, 6) is 0.865. The van der Waals surface area contributed by atoms with Crippen LogP contribution >= 0.6 is 11.6 Å². The first-order valence-electron chi connectivity index (χ1n) is 8.32. The average molecular weight is 371 g/mol. The van der Waals surface area contributed by atoms with Crippen molar-refractivity contribution in [2.75, 3.05) is 6.61 Å². The molecule has 1 atom stereocenters. The summed E-state index contributed by atoms with van der Waals surface area (Å²) in [7, 11) is 0. The molecule has 0 fully saturated rings. The number of oxazole rings is 1. The number of amides is 1. The van der Waals surface area contributed by atoms with Crippen LogP contribution in [0.25, 0.3) is 11.3 Å². The zero-order valence-corrected chi connectivity index (χ0v) is 14.8. The van der Waals surface area contributed by atoms with Gasteiger partial charge in [-0.1, -0.05) is 54.1 Å². The van der Waals surface area contributed by atoms with Gasteiger partial charge in [0.2, 0.25) is 5.91 Å². The second-order valence-corrected chi connectivity index (χ2v) is 6.22. The van der Waals surface area contributed by atoms with Crippen molar-refractivity contribution in [3.05, 3.63) is 77.3 Å². The summed E-state index contributed by atoms with van der Waals surface area (Å²) in [5, 5.41) is 12.9. The monoisotopic (exact) mass is 370 g/mol. The third-order valence-electron chi connectivity index (χ3n) is 3.98. The quantitative estimate of drug-likeness (QED) is 0.663. The lowest BCUT2D eigenvalue weighted by Crippen LogP contribution is -2.30. The molecule has 0 spiro atoms. The van der Waals surface area contributed by atoms with Gasteiger partial charge < -0.3 is 14.8 Å². The number of nitrogens with one attached hydrogen (secondary N) is 1. The van der Waals surface area contributed by atoms with Crippen LogP contribution < -0.4 is 5.32 Å². The number of benzene rings is 2. The van der Waals surface area contributed by atoms with Gasteiger partial charge in [0.05, 0.1) is 23.9 Å². The number of aryl methyl sites for hydroxylation is 1. The van der Waals surface area contributed by atoms with Crippen LogP contribution in [0, 0.1) is 0 Å². The summed E-state index contributed by atoms with van der Waals surface area (Å²) in [6, 6.07) is 16.3. The number of hydrogen-bond acceptors (Lipinski definition) is 4. The summed E-state index contributed by atoms with van der Waals surface area (Å²) in [4.78, 5) is 16.4. The highest BCUT2D eigenvalue weighted by Gasteiger charge is 2.15. The second-order valence-electron chi connectivity index (χ2n) is 5.81. The fraction of sp³-hybridized carbons (Fsp3) is 0.200. The zero-order chi connectivity index (χ0) is 18.4. The fourth-order valence-corrected chi connectivity index (χ4v) is 2.85. The van der Waals surface area contributed by atoms with E-state index in [1.54, 1.807) is 12.3 Å². The molecule has 0 saturated carbocycles. The standard InChI is InChI=1S/C20H19ClN2O3/c21-16-9-5-4-8-15(16)18-12-22-20(26-18)11-10-19(25)23-17(13-24)14-6-2-1-3-7-14/h1-9,12,17,24H,10-11,13H2,(H,23,25).